The molecule has 0 spiro atoms. The van der Waals surface area contributed by atoms with Crippen LogP contribution < -0.4 is 5.32 Å². The molecular weight excluding hydrogens is 216 g/mol. The smallest absolute Gasteiger partial charge is 0.0296 e. The van der Waals surface area contributed by atoms with Crippen molar-refractivity contribution in [2.45, 2.75) is 39.3 Å². The summed E-state index contributed by atoms with van der Waals surface area (Å²) in [4.78, 5) is 5.56. The SMILES string of the molecule is CNCc1cc(CN2CCCCC2)c(C)s1. The summed E-state index contributed by atoms with van der Waals surface area (Å²) >= 11 is 1.94. The van der Waals surface area contributed by atoms with E-state index in [1.54, 1.807) is 0 Å². The maximum absolute atomic E-state index is 3.22. The van der Waals surface area contributed by atoms with E-state index in [2.05, 4.69) is 23.2 Å². The predicted octanol–water partition coefficient (Wildman–Crippen LogP) is 2.76. The number of hydrogen-bond donors (Lipinski definition) is 1. The summed E-state index contributed by atoms with van der Waals surface area (Å²) in [6.45, 7) is 6.99. The van der Waals surface area contributed by atoms with E-state index in [1.807, 2.05) is 18.4 Å². The lowest BCUT2D eigenvalue weighted by molar-refractivity contribution is 0.221. The van der Waals surface area contributed by atoms with Crippen LogP contribution in [0.25, 0.3) is 0 Å². The summed E-state index contributed by atoms with van der Waals surface area (Å²) in [5, 5.41) is 3.22. The van der Waals surface area contributed by atoms with E-state index in [1.165, 1.54) is 47.7 Å². The second kappa shape index (κ2) is 5.80. The molecule has 0 bridgehead atoms. The summed E-state index contributed by atoms with van der Waals surface area (Å²) in [5.74, 6) is 0. The molecule has 1 aliphatic heterocycles. The van der Waals surface area contributed by atoms with E-state index in [4.69, 9.17) is 0 Å². The molecule has 16 heavy (non-hydrogen) atoms. The third kappa shape index (κ3) is 3.06. The molecule has 1 aromatic heterocycles. The number of rotatable bonds is 4. The predicted molar refractivity (Wildman–Crippen MR) is 70.9 cm³/mol. The normalized spacial score (nSPS) is 17.9. The van der Waals surface area contributed by atoms with Gasteiger partial charge in [0.2, 0.25) is 0 Å². The summed E-state index contributed by atoms with van der Waals surface area (Å²) in [6.07, 6.45) is 4.18. The van der Waals surface area contributed by atoms with Gasteiger partial charge in [-0.2, -0.15) is 0 Å². The molecule has 1 aliphatic rings. The second-order valence-corrected chi connectivity index (χ2v) is 6.00. The number of piperidine rings is 1. The highest BCUT2D eigenvalue weighted by Gasteiger charge is 2.13. The van der Waals surface area contributed by atoms with Gasteiger partial charge >= 0.3 is 0 Å². The van der Waals surface area contributed by atoms with Crippen LogP contribution in [0.15, 0.2) is 6.07 Å². The monoisotopic (exact) mass is 238 g/mol. The Morgan fingerprint density at radius 3 is 2.75 bits per heavy atom. The zero-order chi connectivity index (χ0) is 11.4. The lowest BCUT2D eigenvalue weighted by Crippen LogP contribution is -2.29. The fourth-order valence-corrected chi connectivity index (χ4v) is 3.43. The number of likely N-dealkylation sites (tertiary alicyclic amines) is 1. The van der Waals surface area contributed by atoms with Gasteiger partial charge in [-0.25, -0.2) is 0 Å². The van der Waals surface area contributed by atoms with Crippen LogP contribution in [-0.4, -0.2) is 25.0 Å². The number of hydrogen-bond acceptors (Lipinski definition) is 3. The molecule has 0 atom stereocenters. The summed E-state index contributed by atoms with van der Waals surface area (Å²) < 4.78 is 0. The highest BCUT2D eigenvalue weighted by atomic mass is 32.1. The number of nitrogens with zero attached hydrogens (tertiary/aromatic N) is 1. The van der Waals surface area contributed by atoms with Crippen LogP contribution in [0.5, 0.6) is 0 Å². The van der Waals surface area contributed by atoms with Crippen molar-refractivity contribution in [2.24, 2.45) is 0 Å². The van der Waals surface area contributed by atoms with Crippen molar-refractivity contribution in [3.8, 4) is 0 Å². The minimum absolute atomic E-state index is 1.01. The van der Waals surface area contributed by atoms with Crippen LogP contribution in [0, 0.1) is 6.92 Å². The zero-order valence-electron chi connectivity index (χ0n) is 10.4. The van der Waals surface area contributed by atoms with Crippen molar-refractivity contribution in [1.82, 2.24) is 10.2 Å². The molecule has 2 heterocycles. The maximum atomic E-state index is 3.22. The molecule has 2 rings (SSSR count). The van der Waals surface area contributed by atoms with E-state index in [-0.39, 0.29) is 0 Å². The van der Waals surface area contributed by atoms with Crippen LogP contribution in [-0.2, 0) is 13.1 Å². The van der Waals surface area contributed by atoms with E-state index in [9.17, 15) is 0 Å². The van der Waals surface area contributed by atoms with Gasteiger partial charge in [0.05, 0.1) is 0 Å². The fourth-order valence-electron chi connectivity index (χ4n) is 2.36. The third-order valence-corrected chi connectivity index (χ3v) is 4.36. The first-order valence-electron chi connectivity index (χ1n) is 6.24. The molecule has 1 aromatic rings. The standard InChI is InChI=1S/C13H22N2S/c1-11-12(8-13(16-11)9-14-2)10-15-6-4-3-5-7-15/h8,14H,3-7,9-10H2,1-2H3. The maximum Gasteiger partial charge on any atom is 0.0296 e. The van der Waals surface area contributed by atoms with Gasteiger partial charge in [-0.1, -0.05) is 6.42 Å². The van der Waals surface area contributed by atoms with Gasteiger partial charge in [-0.05, 0) is 51.5 Å². The van der Waals surface area contributed by atoms with Gasteiger partial charge in [-0.3, -0.25) is 4.90 Å². The average Bonchev–Trinajstić information content (AvgIpc) is 2.61. The molecule has 1 saturated heterocycles. The Morgan fingerprint density at radius 1 is 1.31 bits per heavy atom. The molecule has 0 aliphatic carbocycles. The molecule has 3 heteroatoms. The van der Waals surface area contributed by atoms with E-state index >= 15 is 0 Å². The van der Waals surface area contributed by atoms with Crippen molar-refractivity contribution in [3.05, 3.63) is 21.4 Å². The van der Waals surface area contributed by atoms with Crippen molar-refractivity contribution >= 4 is 11.3 Å². The van der Waals surface area contributed by atoms with Gasteiger partial charge in [0.25, 0.3) is 0 Å². The Labute approximate surface area is 103 Å². The lowest BCUT2D eigenvalue weighted by Gasteiger charge is -2.26. The van der Waals surface area contributed by atoms with E-state index < -0.39 is 0 Å². The van der Waals surface area contributed by atoms with Gasteiger partial charge in [0.1, 0.15) is 0 Å². The first-order chi connectivity index (χ1) is 7.79. The van der Waals surface area contributed by atoms with Crippen LogP contribution in [0.3, 0.4) is 0 Å². The van der Waals surface area contributed by atoms with Gasteiger partial charge in [-0.15, -0.1) is 11.3 Å². The molecule has 0 unspecified atom stereocenters. The first kappa shape index (κ1) is 12.1. The Morgan fingerprint density at radius 2 is 2.06 bits per heavy atom. The summed E-state index contributed by atoms with van der Waals surface area (Å²) in [5.41, 5.74) is 1.54. The van der Waals surface area contributed by atoms with Crippen LogP contribution in [0.2, 0.25) is 0 Å². The summed E-state index contributed by atoms with van der Waals surface area (Å²) in [6, 6.07) is 2.38. The molecule has 2 nitrogen and oxygen atoms in total. The third-order valence-electron chi connectivity index (χ3n) is 3.27. The Hall–Kier alpha value is -0.380. The lowest BCUT2D eigenvalue weighted by atomic mass is 10.1. The first-order valence-corrected chi connectivity index (χ1v) is 7.06. The topological polar surface area (TPSA) is 15.3 Å². The highest BCUT2D eigenvalue weighted by molar-refractivity contribution is 7.12. The van der Waals surface area contributed by atoms with Crippen molar-refractivity contribution < 1.29 is 0 Å². The van der Waals surface area contributed by atoms with Gasteiger partial charge < -0.3 is 5.32 Å². The van der Waals surface area contributed by atoms with Crippen LogP contribution in [0.4, 0.5) is 0 Å². The largest absolute Gasteiger partial charge is 0.315 e. The molecule has 0 aromatic carbocycles. The molecule has 90 valence electrons. The Bertz CT molecular complexity index is 327. The van der Waals surface area contributed by atoms with Crippen LogP contribution >= 0.6 is 11.3 Å². The molecule has 1 fully saturated rings. The number of nitrogens with one attached hydrogen (secondary N) is 1. The van der Waals surface area contributed by atoms with Crippen molar-refractivity contribution in [2.75, 3.05) is 20.1 Å². The average molecular weight is 238 g/mol. The minimum Gasteiger partial charge on any atom is -0.315 e. The minimum atomic E-state index is 1.01. The molecule has 0 amide bonds. The summed E-state index contributed by atoms with van der Waals surface area (Å²) in [7, 11) is 2.01. The second-order valence-electron chi connectivity index (χ2n) is 4.66. The molecule has 0 radical (unpaired) electrons. The van der Waals surface area contributed by atoms with Gasteiger partial charge in [0.15, 0.2) is 0 Å². The van der Waals surface area contributed by atoms with Crippen molar-refractivity contribution in [3.63, 3.8) is 0 Å². The van der Waals surface area contributed by atoms with E-state index in [0.29, 0.717) is 0 Å². The zero-order valence-corrected chi connectivity index (χ0v) is 11.2. The van der Waals surface area contributed by atoms with Crippen molar-refractivity contribution in [1.29, 1.82) is 0 Å². The number of aryl methyl sites for hydroxylation is 1. The number of thiophene rings is 1. The van der Waals surface area contributed by atoms with Crippen LogP contribution in [0.1, 0.15) is 34.6 Å². The Balaban J connectivity index is 1.96. The molecule has 0 saturated carbocycles. The fraction of sp³-hybridized carbons (Fsp3) is 0.692. The van der Waals surface area contributed by atoms with E-state index in [0.717, 1.165) is 13.1 Å². The molecular formula is C13H22N2S. The van der Waals surface area contributed by atoms with Gasteiger partial charge in [0, 0.05) is 22.8 Å². The molecule has 1 N–H and O–H groups in total. The Kier molecular flexibility index (Phi) is 4.38. The quantitative estimate of drug-likeness (QED) is 0.867. The highest BCUT2D eigenvalue weighted by Crippen LogP contribution is 2.24.